The Kier molecular flexibility index (Phi) is 10.4. The third-order valence-electron chi connectivity index (χ3n) is 6.09. The molecule has 0 spiro atoms. The number of hydrogen-bond acceptors (Lipinski definition) is 7. The van der Waals surface area contributed by atoms with E-state index in [1.807, 2.05) is 45.1 Å². The lowest BCUT2D eigenvalue weighted by molar-refractivity contribution is 0.194. The van der Waals surface area contributed by atoms with Crippen molar-refractivity contribution in [1.82, 2.24) is 14.5 Å². The van der Waals surface area contributed by atoms with Crippen molar-refractivity contribution in [3.05, 3.63) is 93.5 Å². The van der Waals surface area contributed by atoms with Gasteiger partial charge in [0.25, 0.3) is 5.56 Å². The summed E-state index contributed by atoms with van der Waals surface area (Å²) in [4.78, 5) is 26.5. The molecule has 2 aromatic heterocycles. The van der Waals surface area contributed by atoms with Crippen molar-refractivity contribution < 1.29 is 14.2 Å². The third-order valence-corrected chi connectivity index (χ3v) is 6.09. The lowest BCUT2D eigenvalue weighted by Crippen LogP contribution is -2.26. The number of ether oxygens (including phenoxy) is 3. The van der Waals surface area contributed by atoms with Crippen molar-refractivity contribution in [3.63, 3.8) is 0 Å². The molecule has 0 unspecified atom stereocenters. The highest BCUT2D eigenvalue weighted by Crippen LogP contribution is 2.28. The van der Waals surface area contributed by atoms with E-state index in [0.29, 0.717) is 28.2 Å². The molecule has 0 fully saturated rings. The van der Waals surface area contributed by atoms with Crippen molar-refractivity contribution in [1.29, 1.82) is 0 Å². The number of hydrogen-bond donors (Lipinski definition) is 0. The Morgan fingerprint density at radius 3 is 2.74 bits per heavy atom. The molecule has 3 aromatic rings. The van der Waals surface area contributed by atoms with Crippen LogP contribution in [0.25, 0.3) is 10.9 Å². The molecule has 200 valence electrons. The maximum atomic E-state index is 13.5. The molecule has 0 N–H and O–H groups in total. The van der Waals surface area contributed by atoms with Gasteiger partial charge in [0.15, 0.2) is 5.82 Å². The quantitative estimate of drug-likeness (QED) is 0.342. The lowest BCUT2D eigenvalue weighted by atomic mass is 9.97. The monoisotopic (exact) mass is 516 g/mol. The number of rotatable bonds is 9. The first-order valence-corrected chi connectivity index (χ1v) is 12.7. The molecule has 8 heteroatoms. The highest BCUT2D eigenvalue weighted by molar-refractivity contribution is 5.76. The molecule has 0 radical (unpaired) electrons. The summed E-state index contributed by atoms with van der Waals surface area (Å²) in [6, 6.07) is 7.22. The average Bonchev–Trinajstić information content (AvgIpc) is 2.97. The summed E-state index contributed by atoms with van der Waals surface area (Å²) in [7, 11) is 4.94. The fourth-order valence-corrected chi connectivity index (χ4v) is 4.14. The second-order valence-electron chi connectivity index (χ2n) is 8.32. The predicted octanol–water partition coefficient (Wildman–Crippen LogP) is 5.65. The van der Waals surface area contributed by atoms with Gasteiger partial charge in [-0.3, -0.25) is 19.3 Å². The molecule has 0 atom stereocenters. The van der Waals surface area contributed by atoms with E-state index in [4.69, 9.17) is 19.2 Å². The summed E-state index contributed by atoms with van der Waals surface area (Å²) in [5, 5.41) is 0.497. The van der Waals surface area contributed by atoms with Gasteiger partial charge >= 0.3 is 0 Å². The molecule has 0 bridgehead atoms. The first kappa shape index (κ1) is 28.4. The summed E-state index contributed by atoms with van der Waals surface area (Å²) in [6.45, 7) is 6.44. The van der Waals surface area contributed by atoms with Crippen LogP contribution in [-0.4, -0.2) is 42.0 Å². The number of methoxy groups -OCH3 is 2. The number of benzene rings is 1. The van der Waals surface area contributed by atoms with Crippen LogP contribution >= 0.6 is 0 Å². The van der Waals surface area contributed by atoms with Gasteiger partial charge in [0.1, 0.15) is 23.9 Å². The molecule has 1 aliphatic carbocycles. The highest BCUT2D eigenvalue weighted by Gasteiger charge is 2.17. The highest BCUT2D eigenvalue weighted by atomic mass is 16.5. The van der Waals surface area contributed by atoms with E-state index in [1.165, 1.54) is 0 Å². The van der Waals surface area contributed by atoms with E-state index < -0.39 is 0 Å². The lowest BCUT2D eigenvalue weighted by Gasteiger charge is -2.19. The molecule has 1 aliphatic rings. The molecule has 38 heavy (non-hydrogen) atoms. The zero-order valence-electron chi connectivity index (χ0n) is 23.0. The second-order valence-corrected chi connectivity index (χ2v) is 8.32. The SMILES string of the molecule is CC.CN=C/C=C(\C)C1=C(OCc2nc3cnccc3c(=O)n2Cc2ccc(OC)cc2OC)C=CCC1. The van der Waals surface area contributed by atoms with Crippen LogP contribution in [0.15, 0.2) is 81.6 Å². The van der Waals surface area contributed by atoms with Crippen LogP contribution in [0.4, 0.5) is 0 Å². The van der Waals surface area contributed by atoms with Gasteiger partial charge in [0.2, 0.25) is 0 Å². The van der Waals surface area contributed by atoms with Gasteiger partial charge in [-0.25, -0.2) is 4.98 Å². The minimum atomic E-state index is -0.164. The number of aliphatic imine (C=N–C) groups is 1. The van der Waals surface area contributed by atoms with Gasteiger partial charge in [-0.05, 0) is 61.3 Å². The molecular weight excluding hydrogens is 480 g/mol. The van der Waals surface area contributed by atoms with Crippen LogP contribution in [0.5, 0.6) is 11.5 Å². The Bertz CT molecular complexity index is 1430. The van der Waals surface area contributed by atoms with E-state index >= 15 is 0 Å². The summed E-state index contributed by atoms with van der Waals surface area (Å²) < 4.78 is 18.8. The molecule has 0 saturated carbocycles. The molecule has 0 aliphatic heterocycles. The molecule has 1 aromatic carbocycles. The number of aromatic nitrogens is 3. The number of fused-ring (bicyclic) bond motifs is 1. The average molecular weight is 517 g/mol. The Morgan fingerprint density at radius 2 is 2.00 bits per heavy atom. The third kappa shape index (κ3) is 6.56. The van der Waals surface area contributed by atoms with Crippen molar-refractivity contribution in [2.45, 2.75) is 46.8 Å². The van der Waals surface area contributed by atoms with Crippen molar-refractivity contribution in [3.8, 4) is 11.5 Å². The number of nitrogens with zero attached hydrogens (tertiary/aromatic N) is 4. The zero-order valence-corrected chi connectivity index (χ0v) is 23.0. The topological polar surface area (TPSA) is 87.8 Å². The smallest absolute Gasteiger partial charge is 0.261 e. The summed E-state index contributed by atoms with van der Waals surface area (Å²) in [5.41, 5.74) is 3.40. The Labute approximate surface area is 224 Å². The fourth-order valence-electron chi connectivity index (χ4n) is 4.14. The minimum Gasteiger partial charge on any atom is -0.497 e. The molecule has 4 rings (SSSR count). The van der Waals surface area contributed by atoms with Gasteiger partial charge in [-0.2, -0.15) is 0 Å². The summed E-state index contributed by atoms with van der Waals surface area (Å²) >= 11 is 0. The Morgan fingerprint density at radius 1 is 1.18 bits per heavy atom. The van der Waals surface area contributed by atoms with Gasteiger partial charge in [-0.15, -0.1) is 0 Å². The minimum absolute atomic E-state index is 0.122. The van der Waals surface area contributed by atoms with Crippen molar-refractivity contribution in [2.75, 3.05) is 21.3 Å². The standard InChI is InChI=1S/C28H30N4O4.C2H6/c1-19(11-13-29-2)22-7-5-6-8-25(22)36-18-27-31-24-16-30-14-12-23(24)28(33)32(27)17-20-9-10-21(34-3)15-26(20)35-4;1-2/h6,8-16H,5,7,17-18H2,1-4H3;1-2H3/b19-11+,29-13?;. The van der Waals surface area contributed by atoms with E-state index in [-0.39, 0.29) is 18.7 Å². The largest absolute Gasteiger partial charge is 0.497 e. The van der Waals surface area contributed by atoms with Crippen LogP contribution < -0.4 is 15.0 Å². The van der Waals surface area contributed by atoms with Gasteiger partial charge in [0, 0.05) is 31.1 Å². The van der Waals surface area contributed by atoms with Crippen molar-refractivity contribution in [2.24, 2.45) is 4.99 Å². The molecule has 2 heterocycles. The van der Waals surface area contributed by atoms with Crippen LogP contribution in [0, 0.1) is 0 Å². The van der Waals surface area contributed by atoms with Crippen LogP contribution in [-0.2, 0) is 17.9 Å². The van der Waals surface area contributed by atoms with Crippen LogP contribution in [0.2, 0.25) is 0 Å². The fraction of sp³-hybridized carbons (Fsp3) is 0.333. The molecule has 8 nitrogen and oxygen atoms in total. The Balaban J connectivity index is 0.00000195. The van der Waals surface area contributed by atoms with E-state index in [1.54, 1.807) is 56.6 Å². The van der Waals surface area contributed by atoms with Gasteiger partial charge in [-0.1, -0.05) is 19.9 Å². The second kappa shape index (κ2) is 13.9. The molecule has 0 saturated heterocycles. The summed E-state index contributed by atoms with van der Waals surface area (Å²) in [6.07, 6.45) is 12.8. The van der Waals surface area contributed by atoms with E-state index in [0.717, 1.165) is 35.3 Å². The maximum Gasteiger partial charge on any atom is 0.261 e. The maximum absolute atomic E-state index is 13.5. The number of pyridine rings is 1. The Hall–Kier alpha value is -4.20. The van der Waals surface area contributed by atoms with Gasteiger partial charge < -0.3 is 14.2 Å². The van der Waals surface area contributed by atoms with Crippen molar-refractivity contribution >= 4 is 17.1 Å². The number of allylic oxidation sites excluding steroid dienone is 5. The summed E-state index contributed by atoms with van der Waals surface area (Å²) in [5.74, 6) is 2.57. The van der Waals surface area contributed by atoms with Crippen LogP contribution in [0.3, 0.4) is 0 Å². The zero-order chi connectivity index (χ0) is 27.5. The predicted molar refractivity (Wildman–Crippen MR) is 152 cm³/mol. The van der Waals surface area contributed by atoms with Gasteiger partial charge in [0.05, 0.1) is 37.9 Å². The van der Waals surface area contributed by atoms with E-state index in [2.05, 4.69) is 16.1 Å². The normalized spacial score (nSPS) is 13.5. The molecule has 0 amide bonds. The van der Waals surface area contributed by atoms with E-state index in [9.17, 15) is 4.79 Å². The molecular formula is C30H36N4O4. The van der Waals surface area contributed by atoms with Crippen LogP contribution in [0.1, 0.15) is 45.0 Å². The first-order valence-electron chi connectivity index (χ1n) is 12.7. The first-order chi connectivity index (χ1) is 18.5.